The van der Waals surface area contributed by atoms with Gasteiger partial charge in [-0.15, -0.1) is 0 Å². The van der Waals surface area contributed by atoms with Crippen molar-refractivity contribution in [2.45, 2.75) is 17.4 Å². The summed E-state index contributed by atoms with van der Waals surface area (Å²) in [7, 11) is -2.04. The van der Waals surface area contributed by atoms with Gasteiger partial charge in [0.1, 0.15) is 0 Å². The van der Waals surface area contributed by atoms with Crippen LogP contribution < -0.4 is 13.8 Å². The molecular weight excluding hydrogens is 330 g/mol. The molecule has 0 N–H and O–H groups in total. The first-order valence-electron chi connectivity index (χ1n) is 7.65. The topological polar surface area (TPSA) is 65.1 Å². The molecule has 1 unspecified atom stereocenters. The van der Waals surface area contributed by atoms with Gasteiger partial charge in [0, 0.05) is 25.3 Å². The van der Waals surface area contributed by atoms with Crippen LogP contribution in [0, 0.1) is 0 Å². The molecule has 24 heavy (non-hydrogen) atoms. The molecule has 0 amide bonds. The first kappa shape index (κ1) is 15.3. The van der Waals surface area contributed by atoms with Crippen molar-refractivity contribution in [3.63, 3.8) is 0 Å². The quantitative estimate of drug-likeness (QED) is 0.854. The van der Waals surface area contributed by atoms with Gasteiger partial charge < -0.3 is 14.2 Å². The van der Waals surface area contributed by atoms with E-state index in [1.165, 1.54) is 10.4 Å². The molecular formula is C17H17NO5S. The number of para-hydroxylation sites is 1. The van der Waals surface area contributed by atoms with Crippen LogP contribution in [0.15, 0.2) is 47.4 Å². The summed E-state index contributed by atoms with van der Waals surface area (Å²) in [6.45, 7) is 0.479. The van der Waals surface area contributed by atoms with E-state index in [4.69, 9.17) is 14.2 Å². The molecule has 126 valence electrons. The van der Waals surface area contributed by atoms with Crippen molar-refractivity contribution >= 4 is 15.7 Å². The van der Waals surface area contributed by atoms with Crippen molar-refractivity contribution in [1.29, 1.82) is 0 Å². The lowest BCUT2D eigenvalue weighted by Gasteiger charge is -2.34. The fourth-order valence-corrected chi connectivity index (χ4v) is 4.68. The Morgan fingerprint density at radius 2 is 1.92 bits per heavy atom. The van der Waals surface area contributed by atoms with Gasteiger partial charge in [-0.3, -0.25) is 4.31 Å². The fourth-order valence-electron chi connectivity index (χ4n) is 3.16. The van der Waals surface area contributed by atoms with Crippen molar-refractivity contribution in [2.75, 3.05) is 24.8 Å². The van der Waals surface area contributed by atoms with Crippen LogP contribution in [0.3, 0.4) is 0 Å². The van der Waals surface area contributed by atoms with Crippen LogP contribution in [-0.4, -0.2) is 28.9 Å². The van der Waals surface area contributed by atoms with E-state index in [9.17, 15) is 8.42 Å². The zero-order valence-electron chi connectivity index (χ0n) is 13.1. The highest BCUT2D eigenvalue weighted by Gasteiger charge is 2.33. The normalized spacial score (nSPS) is 19.2. The standard InChI is InChI=1S/C17H17NO5S/c1-21-15-8-9-18(14-5-3-2-4-13(14)15)24(19,20)12-6-7-16-17(10-12)23-11-22-16/h2-7,10,15H,8-9,11H2,1H3. The molecule has 0 bridgehead atoms. The second-order valence-corrected chi connectivity index (χ2v) is 7.53. The van der Waals surface area contributed by atoms with Gasteiger partial charge in [0.05, 0.1) is 16.7 Å². The molecule has 6 nitrogen and oxygen atoms in total. The fraction of sp³-hybridized carbons (Fsp3) is 0.294. The number of ether oxygens (including phenoxy) is 3. The molecule has 7 heteroatoms. The van der Waals surface area contributed by atoms with Crippen molar-refractivity contribution in [1.82, 2.24) is 0 Å². The Morgan fingerprint density at radius 1 is 1.12 bits per heavy atom. The number of benzene rings is 2. The van der Waals surface area contributed by atoms with E-state index in [0.717, 1.165) is 5.56 Å². The largest absolute Gasteiger partial charge is 0.454 e. The number of sulfonamides is 1. The summed E-state index contributed by atoms with van der Waals surface area (Å²) >= 11 is 0. The van der Waals surface area contributed by atoms with E-state index in [0.29, 0.717) is 30.2 Å². The van der Waals surface area contributed by atoms with Gasteiger partial charge in [-0.2, -0.15) is 0 Å². The number of hydrogen-bond acceptors (Lipinski definition) is 5. The van der Waals surface area contributed by atoms with Crippen LogP contribution in [-0.2, 0) is 14.8 Å². The second-order valence-electron chi connectivity index (χ2n) is 5.66. The average Bonchev–Trinajstić information content (AvgIpc) is 3.08. The predicted octanol–water partition coefficient (Wildman–Crippen LogP) is 2.70. The summed E-state index contributed by atoms with van der Waals surface area (Å²) in [6, 6.07) is 12.1. The van der Waals surface area contributed by atoms with E-state index in [2.05, 4.69) is 0 Å². The molecule has 0 spiro atoms. The summed E-state index contributed by atoms with van der Waals surface area (Å²) in [5.41, 5.74) is 1.55. The third-order valence-electron chi connectivity index (χ3n) is 4.36. The predicted molar refractivity (Wildman–Crippen MR) is 87.9 cm³/mol. The number of nitrogens with zero attached hydrogens (tertiary/aromatic N) is 1. The third kappa shape index (κ3) is 2.32. The van der Waals surface area contributed by atoms with Crippen LogP contribution in [0.4, 0.5) is 5.69 Å². The zero-order valence-corrected chi connectivity index (χ0v) is 14.0. The number of methoxy groups -OCH3 is 1. The SMILES string of the molecule is COC1CCN(S(=O)(=O)c2ccc3c(c2)OCO3)c2ccccc21. The van der Waals surface area contributed by atoms with E-state index in [-0.39, 0.29) is 17.8 Å². The molecule has 2 aromatic rings. The van der Waals surface area contributed by atoms with Crippen molar-refractivity contribution in [2.24, 2.45) is 0 Å². The number of fused-ring (bicyclic) bond motifs is 2. The molecule has 4 rings (SSSR count). The van der Waals surface area contributed by atoms with Crippen LogP contribution in [0.25, 0.3) is 0 Å². The zero-order chi connectivity index (χ0) is 16.7. The number of hydrogen-bond donors (Lipinski definition) is 0. The lowest BCUT2D eigenvalue weighted by atomic mass is 10.0. The highest BCUT2D eigenvalue weighted by atomic mass is 32.2. The molecule has 0 aliphatic carbocycles. The average molecular weight is 347 g/mol. The van der Waals surface area contributed by atoms with Gasteiger partial charge in [0.2, 0.25) is 6.79 Å². The highest BCUT2D eigenvalue weighted by Crippen LogP contribution is 2.40. The van der Waals surface area contributed by atoms with Gasteiger partial charge in [-0.25, -0.2) is 8.42 Å². The first-order chi connectivity index (χ1) is 11.6. The summed E-state index contributed by atoms with van der Waals surface area (Å²) in [5.74, 6) is 1.02. The van der Waals surface area contributed by atoms with E-state index in [1.54, 1.807) is 19.2 Å². The Labute approximate surface area is 140 Å². The lowest BCUT2D eigenvalue weighted by Crippen LogP contribution is -2.37. The van der Waals surface area contributed by atoms with E-state index in [1.807, 2.05) is 24.3 Å². The minimum Gasteiger partial charge on any atom is -0.454 e. The molecule has 0 radical (unpaired) electrons. The first-order valence-corrected chi connectivity index (χ1v) is 9.09. The van der Waals surface area contributed by atoms with Crippen LogP contribution in [0.1, 0.15) is 18.1 Å². The molecule has 2 aliphatic rings. The molecule has 2 heterocycles. The summed E-state index contributed by atoms with van der Waals surface area (Å²) < 4.78 is 43.7. The van der Waals surface area contributed by atoms with Gasteiger partial charge in [-0.05, 0) is 24.6 Å². The maximum atomic E-state index is 13.1. The second kappa shape index (κ2) is 5.68. The maximum absolute atomic E-state index is 13.1. The van der Waals surface area contributed by atoms with E-state index >= 15 is 0 Å². The van der Waals surface area contributed by atoms with Crippen LogP contribution in [0.5, 0.6) is 11.5 Å². The van der Waals surface area contributed by atoms with Gasteiger partial charge in [0.15, 0.2) is 11.5 Å². The van der Waals surface area contributed by atoms with Crippen molar-refractivity contribution in [3.05, 3.63) is 48.0 Å². The van der Waals surface area contributed by atoms with Gasteiger partial charge in [-0.1, -0.05) is 18.2 Å². The molecule has 0 aromatic heterocycles. The van der Waals surface area contributed by atoms with Gasteiger partial charge in [0.25, 0.3) is 10.0 Å². The summed E-state index contributed by atoms with van der Waals surface area (Å²) in [6.07, 6.45) is 0.515. The number of anilines is 1. The monoisotopic (exact) mass is 347 g/mol. The summed E-state index contributed by atoms with van der Waals surface area (Å²) in [5, 5.41) is 0. The van der Waals surface area contributed by atoms with Crippen LogP contribution in [0.2, 0.25) is 0 Å². The minimum absolute atomic E-state index is 0.0931. The molecule has 1 atom stereocenters. The van der Waals surface area contributed by atoms with Crippen molar-refractivity contribution in [3.8, 4) is 11.5 Å². The molecule has 2 aromatic carbocycles. The molecule has 0 fully saturated rings. The Bertz CT molecular complexity index is 880. The minimum atomic E-state index is -3.69. The molecule has 2 aliphatic heterocycles. The highest BCUT2D eigenvalue weighted by molar-refractivity contribution is 7.92. The van der Waals surface area contributed by atoms with E-state index < -0.39 is 10.0 Å². The van der Waals surface area contributed by atoms with Crippen LogP contribution >= 0.6 is 0 Å². The Balaban J connectivity index is 1.78. The third-order valence-corrected chi connectivity index (χ3v) is 6.17. The molecule has 0 saturated heterocycles. The Hall–Kier alpha value is -2.25. The van der Waals surface area contributed by atoms with Gasteiger partial charge >= 0.3 is 0 Å². The Kier molecular flexibility index (Phi) is 3.62. The Morgan fingerprint density at radius 3 is 2.75 bits per heavy atom. The van der Waals surface area contributed by atoms with Crippen molar-refractivity contribution < 1.29 is 22.6 Å². The lowest BCUT2D eigenvalue weighted by molar-refractivity contribution is 0.0951. The summed E-state index contributed by atoms with van der Waals surface area (Å²) in [4.78, 5) is 0.192. The smallest absolute Gasteiger partial charge is 0.264 e. The maximum Gasteiger partial charge on any atom is 0.264 e. The number of rotatable bonds is 3. The molecule has 0 saturated carbocycles.